The second-order valence-corrected chi connectivity index (χ2v) is 9.36. The Morgan fingerprint density at radius 2 is 2.10 bits per heavy atom. The minimum absolute atomic E-state index is 0.0465. The van der Waals surface area contributed by atoms with E-state index < -0.39 is 35.4 Å². The summed E-state index contributed by atoms with van der Waals surface area (Å²) in [4.78, 5) is 20.5. The van der Waals surface area contributed by atoms with Crippen molar-refractivity contribution in [3.63, 3.8) is 0 Å². The van der Waals surface area contributed by atoms with Crippen molar-refractivity contribution in [3.8, 4) is 0 Å². The molecular weight excluding hydrogens is 521 g/mol. The van der Waals surface area contributed by atoms with Gasteiger partial charge < -0.3 is 19.9 Å². The number of halogens is 3. The van der Waals surface area contributed by atoms with Crippen molar-refractivity contribution in [1.29, 1.82) is 0 Å². The molecule has 14 heteroatoms. The zero-order chi connectivity index (χ0) is 27.5. The molecule has 2 aromatic heterocycles. The van der Waals surface area contributed by atoms with Gasteiger partial charge in [-0.2, -0.15) is 13.2 Å². The first kappa shape index (κ1) is 26.6. The van der Waals surface area contributed by atoms with E-state index in [1.807, 2.05) is 6.07 Å². The minimum Gasteiger partial charge on any atom is -0.860 e. The fourth-order valence-corrected chi connectivity index (χ4v) is 4.53. The molecular formula is C25H25F3N6O5. The Morgan fingerprint density at radius 1 is 1.23 bits per heavy atom. The molecule has 0 saturated carbocycles. The number of hydrogen-bond donors (Lipinski definition) is 2. The zero-order valence-corrected chi connectivity index (χ0v) is 20.6. The number of amides is 2. The Hall–Kier alpha value is -4.04. The van der Waals surface area contributed by atoms with Crippen LogP contribution in [0.3, 0.4) is 0 Å². The number of carbonyl (C=O) groups is 1. The van der Waals surface area contributed by atoms with Crippen molar-refractivity contribution in [2.45, 2.75) is 50.1 Å². The van der Waals surface area contributed by atoms with Gasteiger partial charge >= 0.3 is 18.1 Å². The summed E-state index contributed by atoms with van der Waals surface area (Å²) in [5.41, 5.74) is -1.41. The highest BCUT2D eigenvalue weighted by Gasteiger charge is 2.41. The van der Waals surface area contributed by atoms with Crippen LogP contribution in [-0.4, -0.2) is 47.1 Å². The van der Waals surface area contributed by atoms with E-state index in [-0.39, 0.29) is 23.8 Å². The fraction of sp³-hybridized carbons (Fsp3) is 0.400. The van der Waals surface area contributed by atoms with Crippen LogP contribution in [0.1, 0.15) is 36.9 Å². The lowest BCUT2D eigenvalue weighted by Gasteiger charge is -2.39. The first-order valence-electron chi connectivity index (χ1n) is 12.3. The molecule has 2 N–H and O–H groups in total. The molecule has 0 bridgehead atoms. The summed E-state index contributed by atoms with van der Waals surface area (Å²) in [6, 6.07) is 7.13. The van der Waals surface area contributed by atoms with Crippen LogP contribution in [0.15, 0.2) is 58.3 Å². The Labute approximate surface area is 220 Å². The first-order valence-corrected chi connectivity index (χ1v) is 12.3. The van der Waals surface area contributed by atoms with Crippen LogP contribution >= 0.6 is 0 Å². The normalized spacial score (nSPS) is 21.7. The van der Waals surface area contributed by atoms with Gasteiger partial charge in [-0.3, -0.25) is 19.8 Å². The van der Waals surface area contributed by atoms with Gasteiger partial charge in [-0.1, -0.05) is 6.07 Å². The molecule has 2 aliphatic rings. The second-order valence-electron chi connectivity index (χ2n) is 9.36. The number of aliphatic imine (C=N–C) groups is 1. The van der Waals surface area contributed by atoms with E-state index >= 15 is 0 Å². The van der Waals surface area contributed by atoms with Crippen LogP contribution in [-0.2, 0) is 22.2 Å². The quantitative estimate of drug-likeness (QED) is 0.275. The van der Waals surface area contributed by atoms with Crippen LogP contribution in [0.4, 0.5) is 35.2 Å². The lowest BCUT2D eigenvalue weighted by molar-refractivity contribution is -0.755. The first-order chi connectivity index (χ1) is 18.7. The van der Waals surface area contributed by atoms with Gasteiger partial charge in [0, 0.05) is 24.9 Å². The molecule has 0 aliphatic carbocycles. The molecule has 2 unspecified atom stereocenters. The summed E-state index contributed by atoms with van der Waals surface area (Å²) in [6.07, 6.45) is -0.0751. The van der Waals surface area contributed by atoms with E-state index in [0.29, 0.717) is 38.2 Å². The van der Waals surface area contributed by atoms with Crippen LogP contribution < -0.4 is 20.4 Å². The molecule has 5 rings (SSSR count). The van der Waals surface area contributed by atoms with Gasteiger partial charge in [-0.05, 0) is 60.2 Å². The number of benzene rings is 1. The SMILES string of the molecule is O=C(Nc1cc(N=C([O-])C2CCCC3(CCOC3)O2)cc(C(F)(F)F)c1)Nc1c[n+](Cc2ccccn2)no1. The smallest absolute Gasteiger partial charge is 0.416 e. The number of aromatic nitrogens is 3. The van der Waals surface area contributed by atoms with Crippen LogP contribution in [0.2, 0.25) is 0 Å². The van der Waals surface area contributed by atoms with Gasteiger partial charge in [-0.25, -0.2) is 4.79 Å². The summed E-state index contributed by atoms with van der Waals surface area (Å²) < 4.78 is 58.6. The third kappa shape index (κ3) is 6.70. The highest BCUT2D eigenvalue weighted by atomic mass is 19.4. The minimum atomic E-state index is -4.74. The second kappa shape index (κ2) is 11.0. The zero-order valence-electron chi connectivity index (χ0n) is 20.6. The van der Waals surface area contributed by atoms with Gasteiger partial charge in [0.1, 0.15) is 5.69 Å². The van der Waals surface area contributed by atoms with Crippen LogP contribution in [0, 0.1) is 0 Å². The Morgan fingerprint density at radius 3 is 2.85 bits per heavy atom. The molecule has 4 heterocycles. The molecule has 1 spiro atoms. The van der Waals surface area contributed by atoms with E-state index in [9.17, 15) is 23.1 Å². The molecule has 3 aromatic rings. The van der Waals surface area contributed by atoms with E-state index in [1.165, 1.54) is 16.9 Å². The molecule has 39 heavy (non-hydrogen) atoms. The lowest BCUT2D eigenvalue weighted by Crippen LogP contribution is -2.47. The number of ether oxygens (including phenoxy) is 2. The number of alkyl halides is 3. The molecule has 2 aliphatic heterocycles. The van der Waals surface area contributed by atoms with Gasteiger partial charge in [0.05, 0.1) is 29.6 Å². The molecule has 2 atom stereocenters. The molecule has 11 nitrogen and oxygen atoms in total. The van der Waals surface area contributed by atoms with Crippen molar-refractivity contribution in [2.75, 3.05) is 23.8 Å². The average molecular weight is 547 g/mol. The number of nitrogens with zero attached hydrogens (tertiary/aromatic N) is 4. The van der Waals surface area contributed by atoms with Crippen molar-refractivity contribution in [3.05, 3.63) is 60.0 Å². The van der Waals surface area contributed by atoms with Gasteiger partial charge in [0.25, 0.3) is 6.20 Å². The highest BCUT2D eigenvalue weighted by Crippen LogP contribution is 2.37. The standard InChI is InChI=1S/C25H25F3N6O5/c26-25(27,28)16-10-18(30-22(35)20-5-3-6-24(38-20)7-9-37-15-24)12-19(11-16)31-23(36)32-21-14-34(33-39-21)13-17-4-1-2-8-29-17/h1-2,4,8,10-12,14,20H,3,5-7,9,13,15H2,(H2-,30,31,32,33,35,36). The van der Waals surface area contributed by atoms with E-state index in [0.717, 1.165) is 18.6 Å². The Bertz CT molecular complexity index is 1340. The average Bonchev–Trinajstić information content (AvgIpc) is 3.53. The molecule has 2 amide bonds. The van der Waals surface area contributed by atoms with Gasteiger partial charge in [-0.15, -0.1) is 0 Å². The summed E-state index contributed by atoms with van der Waals surface area (Å²) in [7, 11) is 0. The maximum absolute atomic E-state index is 13.6. The van der Waals surface area contributed by atoms with Crippen molar-refractivity contribution in [1.82, 2.24) is 10.3 Å². The monoisotopic (exact) mass is 546 g/mol. The van der Waals surface area contributed by atoms with Crippen molar-refractivity contribution >= 4 is 29.2 Å². The number of anilines is 2. The predicted molar refractivity (Wildman–Crippen MR) is 128 cm³/mol. The lowest BCUT2D eigenvalue weighted by atomic mass is 9.91. The predicted octanol–water partition coefficient (Wildman–Crippen LogP) is 3.19. The third-order valence-electron chi connectivity index (χ3n) is 6.37. The number of hydrogen-bond acceptors (Lipinski definition) is 8. The molecule has 2 saturated heterocycles. The molecule has 206 valence electrons. The van der Waals surface area contributed by atoms with E-state index in [2.05, 4.69) is 25.9 Å². The number of pyridine rings is 1. The summed E-state index contributed by atoms with van der Waals surface area (Å²) in [6.45, 7) is 1.18. The number of nitrogens with one attached hydrogen (secondary N) is 2. The number of rotatable bonds is 6. The topological polar surface area (TPSA) is 138 Å². The molecule has 1 aromatic carbocycles. The summed E-state index contributed by atoms with van der Waals surface area (Å²) in [5.74, 6) is -0.732. The molecule has 0 radical (unpaired) electrons. The summed E-state index contributed by atoms with van der Waals surface area (Å²) in [5, 5.41) is 21.3. The van der Waals surface area contributed by atoms with Crippen molar-refractivity contribution in [2.24, 2.45) is 4.99 Å². The number of urea groups is 1. The number of carbonyl (C=O) groups excluding carboxylic acids is 1. The van der Waals surface area contributed by atoms with Crippen LogP contribution in [0.25, 0.3) is 0 Å². The largest absolute Gasteiger partial charge is 0.860 e. The van der Waals surface area contributed by atoms with Gasteiger partial charge in [0.2, 0.25) is 11.8 Å². The summed E-state index contributed by atoms with van der Waals surface area (Å²) >= 11 is 0. The van der Waals surface area contributed by atoms with Gasteiger partial charge in [0.15, 0.2) is 0 Å². The van der Waals surface area contributed by atoms with Crippen molar-refractivity contribution < 1.29 is 41.8 Å². The Kier molecular flexibility index (Phi) is 7.48. The third-order valence-corrected chi connectivity index (χ3v) is 6.37. The maximum atomic E-state index is 13.6. The maximum Gasteiger partial charge on any atom is 0.416 e. The fourth-order valence-electron chi connectivity index (χ4n) is 4.53. The van der Waals surface area contributed by atoms with E-state index in [4.69, 9.17) is 14.0 Å². The van der Waals surface area contributed by atoms with Crippen LogP contribution in [0.5, 0.6) is 0 Å². The highest BCUT2D eigenvalue weighted by molar-refractivity contribution is 5.99. The van der Waals surface area contributed by atoms with E-state index in [1.54, 1.807) is 18.3 Å². The molecule has 2 fully saturated rings. The Balaban J connectivity index is 1.29.